The number of sulfone groups is 1. The van der Waals surface area contributed by atoms with Crippen molar-refractivity contribution >= 4 is 9.84 Å². The van der Waals surface area contributed by atoms with Crippen molar-refractivity contribution in [3.8, 4) is 0 Å². The molecule has 1 fully saturated rings. The zero-order valence-corrected chi connectivity index (χ0v) is 12.6. The number of hydrogen-bond donors (Lipinski definition) is 1. The van der Waals surface area contributed by atoms with Gasteiger partial charge in [-0.05, 0) is 19.9 Å². The molecule has 5 heteroatoms. The van der Waals surface area contributed by atoms with Gasteiger partial charge >= 0.3 is 0 Å². The molecule has 0 radical (unpaired) electrons. The predicted molar refractivity (Wildman–Crippen MR) is 76.7 cm³/mol. The van der Waals surface area contributed by atoms with Crippen molar-refractivity contribution in [2.24, 2.45) is 0 Å². The van der Waals surface area contributed by atoms with E-state index in [0.29, 0.717) is 18.1 Å². The van der Waals surface area contributed by atoms with E-state index in [2.05, 4.69) is 17.1 Å². The van der Waals surface area contributed by atoms with Crippen molar-refractivity contribution in [1.29, 1.82) is 0 Å². The van der Waals surface area contributed by atoms with Crippen molar-refractivity contribution in [1.82, 2.24) is 10.2 Å². The van der Waals surface area contributed by atoms with Crippen LogP contribution in [0.15, 0.2) is 0 Å². The van der Waals surface area contributed by atoms with Crippen molar-refractivity contribution in [2.45, 2.75) is 45.6 Å². The molecule has 1 heterocycles. The molecule has 0 aromatic carbocycles. The number of rotatable bonds is 8. The molecule has 18 heavy (non-hydrogen) atoms. The summed E-state index contributed by atoms with van der Waals surface area (Å²) in [5.41, 5.74) is 0. The molecule has 1 N–H and O–H groups in total. The number of hydrogen-bond acceptors (Lipinski definition) is 4. The predicted octanol–water partition coefficient (Wildman–Crippen LogP) is 1.28. The molecule has 4 nitrogen and oxygen atoms in total. The van der Waals surface area contributed by atoms with Crippen molar-refractivity contribution in [3.63, 3.8) is 0 Å². The van der Waals surface area contributed by atoms with Crippen LogP contribution in [0.25, 0.3) is 0 Å². The van der Waals surface area contributed by atoms with Gasteiger partial charge in [-0.25, -0.2) is 8.42 Å². The highest BCUT2D eigenvalue weighted by Crippen LogP contribution is 2.10. The van der Waals surface area contributed by atoms with E-state index in [1.807, 2.05) is 6.92 Å². The highest BCUT2D eigenvalue weighted by atomic mass is 32.2. The minimum atomic E-state index is -2.77. The molecule has 0 aliphatic carbocycles. The minimum Gasteiger partial charge on any atom is -0.315 e. The molecule has 0 aromatic heterocycles. The van der Waals surface area contributed by atoms with Crippen molar-refractivity contribution in [3.05, 3.63) is 0 Å². The van der Waals surface area contributed by atoms with Gasteiger partial charge in [0.25, 0.3) is 0 Å². The fraction of sp³-hybridized carbons (Fsp3) is 1.00. The van der Waals surface area contributed by atoms with E-state index in [-0.39, 0.29) is 6.04 Å². The SMILES string of the molecule is CCCCCCNCCN1CCS(=O)(=O)CC1C. The highest BCUT2D eigenvalue weighted by molar-refractivity contribution is 7.91. The van der Waals surface area contributed by atoms with Crippen LogP contribution in [0, 0.1) is 0 Å². The van der Waals surface area contributed by atoms with E-state index in [9.17, 15) is 8.42 Å². The molecule has 0 aromatic rings. The van der Waals surface area contributed by atoms with Crippen molar-refractivity contribution in [2.75, 3.05) is 37.7 Å². The van der Waals surface area contributed by atoms with Crippen LogP contribution in [0.3, 0.4) is 0 Å². The van der Waals surface area contributed by atoms with Crippen LogP contribution in [0.5, 0.6) is 0 Å². The monoisotopic (exact) mass is 276 g/mol. The van der Waals surface area contributed by atoms with Crippen LogP contribution in [0.1, 0.15) is 39.5 Å². The third-order valence-corrected chi connectivity index (χ3v) is 5.39. The van der Waals surface area contributed by atoms with Crippen LogP contribution in [-0.2, 0) is 9.84 Å². The molecule has 1 atom stereocenters. The van der Waals surface area contributed by atoms with E-state index in [1.165, 1.54) is 25.7 Å². The second-order valence-corrected chi connectivity index (χ2v) is 7.54. The Labute approximate surface area is 112 Å². The maximum Gasteiger partial charge on any atom is 0.153 e. The van der Waals surface area contributed by atoms with Gasteiger partial charge in [0.15, 0.2) is 9.84 Å². The first-order valence-electron chi connectivity index (χ1n) is 7.20. The van der Waals surface area contributed by atoms with Crippen LogP contribution < -0.4 is 5.32 Å². The summed E-state index contributed by atoms with van der Waals surface area (Å²) in [6.07, 6.45) is 5.15. The summed E-state index contributed by atoms with van der Waals surface area (Å²) >= 11 is 0. The summed E-state index contributed by atoms with van der Waals surface area (Å²) in [7, 11) is -2.77. The Hall–Kier alpha value is -0.130. The number of nitrogens with one attached hydrogen (secondary N) is 1. The van der Waals surface area contributed by atoms with Gasteiger partial charge in [0.1, 0.15) is 0 Å². The first kappa shape index (κ1) is 15.9. The number of unbranched alkanes of at least 4 members (excludes halogenated alkanes) is 3. The summed E-state index contributed by atoms with van der Waals surface area (Å²) in [5.74, 6) is 0.650. The molecule has 108 valence electrons. The lowest BCUT2D eigenvalue weighted by molar-refractivity contribution is 0.227. The average molecular weight is 276 g/mol. The third kappa shape index (κ3) is 6.16. The number of nitrogens with zero attached hydrogens (tertiary/aromatic N) is 1. The van der Waals surface area contributed by atoms with E-state index in [1.54, 1.807) is 0 Å². The van der Waals surface area contributed by atoms with E-state index in [0.717, 1.165) is 19.6 Å². The van der Waals surface area contributed by atoms with Gasteiger partial charge in [-0.15, -0.1) is 0 Å². The minimum absolute atomic E-state index is 0.172. The normalized spacial score (nSPS) is 24.2. The van der Waals surface area contributed by atoms with Gasteiger partial charge in [-0.3, -0.25) is 4.90 Å². The molecular weight excluding hydrogens is 248 g/mol. The third-order valence-electron chi connectivity index (χ3n) is 3.59. The quantitative estimate of drug-likeness (QED) is 0.678. The van der Waals surface area contributed by atoms with E-state index in [4.69, 9.17) is 0 Å². The van der Waals surface area contributed by atoms with E-state index < -0.39 is 9.84 Å². The Balaban J connectivity index is 2.06. The standard InChI is InChI=1S/C13H28N2O2S/c1-3-4-5-6-7-14-8-9-15-10-11-18(16,17)12-13(15)2/h13-14H,3-12H2,1-2H3. The first-order chi connectivity index (χ1) is 8.55. The Kier molecular flexibility index (Phi) is 7.19. The molecule has 1 saturated heterocycles. The molecule has 0 amide bonds. The van der Waals surface area contributed by atoms with Gasteiger partial charge in [0.05, 0.1) is 11.5 Å². The first-order valence-corrected chi connectivity index (χ1v) is 9.02. The summed E-state index contributed by atoms with van der Waals surface area (Å²) in [4.78, 5) is 2.28. The lowest BCUT2D eigenvalue weighted by Gasteiger charge is -2.33. The lowest BCUT2D eigenvalue weighted by Crippen LogP contribution is -2.48. The van der Waals surface area contributed by atoms with Gasteiger partial charge in [0, 0.05) is 25.7 Å². The van der Waals surface area contributed by atoms with Crippen LogP contribution in [0.2, 0.25) is 0 Å². The fourth-order valence-electron chi connectivity index (χ4n) is 2.39. The highest BCUT2D eigenvalue weighted by Gasteiger charge is 2.27. The largest absolute Gasteiger partial charge is 0.315 e. The van der Waals surface area contributed by atoms with Gasteiger partial charge in [0.2, 0.25) is 0 Å². The summed E-state index contributed by atoms with van der Waals surface area (Å²) < 4.78 is 22.9. The molecule has 0 bridgehead atoms. The molecule has 0 spiro atoms. The lowest BCUT2D eigenvalue weighted by atomic mass is 10.2. The van der Waals surface area contributed by atoms with Crippen molar-refractivity contribution < 1.29 is 8.42 Å². The summed E-state index contributed by atoms with van der Waals surface area (Å²) in [5, 5.41) is 3.44. The zero-order valence-electron chi connectivity index (χ0n) is 11.8. The average Bonchev–Trinajstić information content (AvgIpc) is 2.29. The smallest absolute Gasteiger partial charge is 0.153 e. The molecule has 1 rings (SSSR count). The maximum absolute atomic E-state index is 11.4. The Bertz CT molecular complexity index is 317. The van der Waals surface area contributed by atoms with Crippen LogP contribution >= 0.6 is 0 Å². The fourth-order valence-corrected chi connectivity index (χ4v) is 4.01. The van der Waals surface area contributed by atoms with Gasteiger partial charge < -0.3 is 5.32 Å². The zero-order chi connectivity index (χ0) is 13.4. The Morgan fingerprint density at radius 2 is 2.00 bits per heavy atom. The molecular formula is C13H28N2O2S. The Morgan fingerprint density at radius 1 is 1.22 bits per heavy atom. The molecule has 1 aliphatic heterocycles. The molecule has 0 saturated carbocycles. The van der Waals surface area contributed by atoms with E-state index >= 15 is 0 Å². The van der Waals surface area contributed by atoms with Gasteiger partial charge in [-0.2, -0.15) is 0 Å². The van der Waals surface area contributed by atoms with Crippen LogP contribution in [-0.4, -0.2) is 57.0 Å². The second kappa shape index (κ2) is 8.12. The van der Waals surface area contributed by atoms with Crippen LogP contribution in [0.4, 0.5) is 0 Å². The molecule has 1 unspecified atom stereocenters. The molecule has 1 aliphatic rings. The maximum atomic E-state index is 11.4. The summed E-state index contributed by atoms with van der Waals surface area (Å²) in [6.45, 7) is 7.94. The Morgan fingerprint density at radius 3 is 2.67 bits per heavy atom. The topological polar surface area (TPSA) is 49.4 Å². The summed E-state index contributed by atoms with van der Waals surface area (Å²) in [6, 6.07) is 0.172. The van der Waals surface area contributed by atoms with Gasteiger partial charge in [-0.1, -0.05) is 26.2 Å². The second-order valence-electron chi connectivity index (χ2n) is 5.31.